The van der Waals surface area contributed by atoms with Gasteiger partial charge in [0.1, 0.15) is 12.2 Å². The number of nitrogens with one attached hydrogen (secondary N) is 1. The molecule has 0 spiro atoms. The first-order valence-electron chi connectivity index (χ1n) is 9.60. The number of carbonyl (C=O) groups is 2. The molecular formula is C23H29NO5. The lowest BCUT2D eigenvalue weighted by atomic mass is 10.1. The summed E-state index contributed by atoms with van der Waals surface area (Å²) in [5.74, 6) is -0.583. The van der Waals surface area contributed by atoms with E-state index in [0.29, 0.717) is 6.61 Å². The number of hydrogen-bond donors (Lipinski definition) is 1. The fraction of sp³-hybridized carbons (Fsp3) is 0.391. The first-order valence-corrected chi connectivity index (χ1v) is 9.60. The molecule has 6 nitrogen and oxygen atoms in total. The summed E-state index contributed by atoms with van der Waals surface area (Å²) in [6.07, 6.45) is -1.32. The highest BCUT2D eigenvalue weighted by atomic mass is 16.6. The van der Waals surface area contributed by atoms with Crippen LogP contribution < -0.4 is 5.32 Å². The van der Waals surface area contributed by atoms with Crippen LogP contribution in [-0.4, -0.2) is 29.8 Å². The van der Waals surface area contributed by atoms with Gasteiger partial charge >= 0.3 is 12.1 Å². The van der Waals surface area contributed by atoms with Crippen molar-refractivity contribution in [3.05, 3.63) is 71.8 Å². The molecule has 0 saturated carbocycles. The van der Waals surface area contributed by atoms with Gasteiger partial charge in [0.15, 0.2) is 6.04 Å². The van der Waals surface area contributed by atoms with Crippen molar-refractivity contribution in [2.45, 2.75) is 58.7 Å². The molecule has 2 aromatic rings. The Morgan fingerprint density at radius 3 is 1.93 bits per heavy atom. The fourth-order valence-electron chi connectivity index (χ4n) is 2.52. The maximum Gasteiger partial charge on any atom is 0.408 e. The summed E-state index contributed by atoms with van der Waals surface area (Å²) in [7, 11) is 0. The molecule has 0 aliphatic carbocycles. The number of benzene rings is 2. The van der Waals surface area contributed by atoms with Crippen molar-refractivity contribution < 1.29 is 23.8 Å². The van der Waals surface area contributed by atoms with E-state index in [-0.39, 0.29) is 6.61 Å². The van der Waals surface area contributed by atoms with Gasteiger partial charge in [0.25, 0.3) is 0 Å². The molecule has 0 heterocycles. The number of carbonyl (C=O) groups excluding carboxylic acids is 2. The minimum Gasteiger partial charge on any atom is -0.459 e. The molecule has 2 aromatic carbocycles. The Morgan fingerprint density at radius 1 is 0.897 bits per heavy atom. The van der Waals surface area contributed by atoms with Gasteiger partial charge in [-0.25, -0.2) is 9.59 Å². The number of esters is 1. The summed E-state index contributed by atoms with van der Waals surface area (Å²) < 4.78 is 16.5. The van der Waals surface area contributed by atoms with Crippen molar-refractivity contribution in [3.8, 4) is 0 Å². The van der Waals surface area contributed by atoms with E-state index >= 15 is 0 Å². The zero-order valence-electron chi connectivity index (χ0n) is 17.4. The van der Waals surface area contributed by atoms with Gasteiger partial charge in [-0.3, -0.25) is 0 Å². The molecule has 2 rings (SSSR count). The first kappa shape index (κ1) is 22.4. The van der Waals surface area contributed by atoms with Crippen LogP contribution in [-0.2, 0) is 32.2 Å². The zero-order valence-corrected chi connectivity index (χ0v) is 17.4. The maximum absolute atomic E-state index is 12.7. The van der Waals surface area contributed by atoms with Crippen LogP contribution >= 0.6 is 0 Å². The van der Waals surface area contributed by atoms with E-state index in [4.69, 9.17) is 14.2 Å². The summed E-state index contributed by atoms with van der Waals surface area (Å²) in [6.45, 7) is 7.40. The van der Waals surface area contributed by atoms with Gasteiger partial charge in [0.05, 0.1) is 12.7 Å². The second-order valence-corrected chi connectivity index (χ2v) is 7.72. The van der Waals surface area contributed by atoms with Crippen LogP contribution in [0.15, 0.2) is 60.7 Å². The molecule has 2 unspecified atom stereocenters. The van der Waals surface area contributed by atoms with Crippen LogP contribution in [0.1, 0.15) is 38.8 Å². The second kappa shape index (κ2) is 10.6. The smallest absolute Gasteiger partial charge is 0.408 e. The number of alkyl carbamates (subject to hydrolysis) is 1. The summed E-state index contributed by atoms with van der Waals surface area (Å²) in [5, 5.41) is 2.58. The minimum atomic E-state index is -1.00. The van der Waals surface area contributed by atoms with Crippen molar-refractivity contribution in [2.24, 2.45) is 0 Å². The van der Waals surface area contributed by atoms with Crippen molar-refractivity contribution in [2.75, 3.05) is 0 Å². The third kappa shape index (κ3) is 8.35. The lowest BCUT2D eigenvalue weighted by molar-refractivity contribution is -0.151. The summed E-state index contributed by atoms with van der Waals surface area (Å²) >= 11 is 0. The highest BCUT2D eigenvalue weighted by Crippen LogP contribution is 2.12. The third-order valence-electron chi connectivity index (χ3n) is 3.98. The Labute approximate surface area is 172 Å². The van der Waals surface area contributed by atoms with Crippen LogP contribution in [0.2, 0.25) is 0 Å². The Bertz CT molecular complexity index is 771. The first-order chi connectivity index (χ1) is 13.7. The highest BCUT2D eigenvalue weighted by Gasteiger charge is 2.31. The normalized spacial score (nSPS) is 13.2. The number of amides is 1. The molecule has 0 saturated heterocycles. The average molecular weight is 399 g/mol. The van der Waals surface area contributed by atoms with E-state index in [2.05, 4.69) is 5.32 Å². The van der Waals surface area contributed by atoms with Crippen LogP contribution in [0, 0.1) is 0 Å². The van der Waals surface area contributed by atoms with Gasteiger partial charge in [-0.1, -0.05) is 60.7 Å². The van der Waals surface area contributed by atoms with Gasteiger partial charge in [0, 0.05) is 0 Å². The maximum atomic E-state index is 12.7. The molecule has 156 valence electrons. The monoisotopic (exact) mass is 399 g/mol. The SMILES string of the molecule is CC(OCc1ccccc1)C(NC(=O)OC(C)(C)C)C(=O)OCc1ccccc1. The molecule has 1 N–H and O–H groups in total. The number of rotatable bonds is 8. The highest BCUT2D eigenvalue weighted by molar-refractivity contribution is 5.82. The van der Waals surface area contributed by atoms with E-state index in [1.54, 1.807) is 27.7 Å². The third-order valence-corrected chi connectivity index (χ3v) is 3.98. The van der Waals surface area contributed by atoms with E-state index < -0.39 is 29.8 Å². The van der Waals surface area contributed by atoms with Crippen LogP contribution in [0.25, 0.3) is 0 Å². The van der Waals surface area contributed by atoms with Crippen molar-refractivity contribution in [1.82, 2.24) is 5.32 Å². The lowest BCUT2D eigenvalue weighted by Gasteiger charge is -2.26. The molecular weight excluding hydrogens is 370 g/mol. The summed E-state index contributed by atoms with van der Waals surface area (Å²) in [5.41, 5.74) is 1.14. The molecule has 2 atom stereocenters. The molecule has 0 fully saturated rings. The Kier molecular flexibility index (Phi) is 8.21. The molecule has 1 amide bonds. The quantitative estimate of drug-likeness (QED) is 0.673. The van der Waals surface area contributed by atoms with Crippen LogP contribution in [0.3, 0.4) is 0 Å². The molecule has 0 bridgehead atoms. The van der Waals surface area contributed by atoms with Gasteiger partial charge in [-0.05, 0) is 38.8 Å². The molecule has 0 radical (unpaired) electrons. The average Bonchev–Trinajstić information content (AvgIpc) is 2.68. The van der Waals surface area contributed by atoms with Gasteiger partial charge in [-0.15, -0.1) is 0 Å². The topological polar surface area (TPSA) is 73.9 Å². The molecule has 6 heteroatoms. The zero-order chi connectivity index (χ0) is 21.3. The number of hydrogen-bond acceptors (Lipinski definition) is 5. The largest absolute Gasteiger partial charge is 0.459 e. The molecule has 0 aliphatic heterocycles. The number of ether oxygens (including phenoxy) is 3. The standard InChI is InChI=1S/C23H29NO5/c1-17(27-15-18-11-7-5-8-12-18)20(24-22(26)29-23(2,3)4)21(25)28-16-19-13-9-6-10-14-19/h5-14,17,20H,15-16H2,1-4H3,(H,24,26). The Balaban J connectivity index is 2.02. The summed E-state index contributed by atoms with van der Waals surface area (Å²) in [4.78, 5) is 24.9. The predicted molar refractivity (Wildman–Crippen MR) is 110 cm³/mol. The van der Waals surface area contributed by atoms with Crippen molar-refractivity contribution >= 4 is 12.1 Å². The van der Waals surface area contributed by atoms with Gasteiger partial charge < -0.3 is 19.5 Å². The predicted octanol–water partition coefficient (Wildman–Crippen LogP) is 4.23. The van der Waals surface area contributed by atoms with Crippen LogP contribution in [0.4, 0.5) is 4.79 Å². The van der Waals surface area contributed by atoms with E-state index in [0.717, 1.165) is 11.1 Å². The summed E-state index contributed by atoms with van der Waals surface area (Å²) in [6, 6.07) is 17.9. The fourth-order valence-corrected chi connectivity index (χ4v) is 2.52. The molecule has 0 aromatic heterocycles. The Morgan fingerprint density at radius 2 is 1.41 bits per heavy atom. The minimum absolute atomic E-state index is 0.109. The van der Waals surface area contributed by atoms with Gasteiger partial charge in [-0.2, -0.15) is 0 Å². The van der Waals surface area contributed by atoms with Crippen LogP contribution in [0.5, 0.6) is 0 Å². The molecule has 0 aliphatic rings. The van der Waals surface area contributed by atoms with Crippen molar-refractivity contribution in [3.63, 3.8) is 0 Å². The van der Waals surface area contributed by atoms with E-state index in [9.17, 15) is 9.59 Å². The van der Waals surface area contributed by atoms with E-state index in [1.165, 1.54) is 0 Å². The molecule has 29 heavy (non-hydrogen) atoms. The Hall–Kier alpha value is -2.86. The van der Waals surface area contributed by atoms with Gasteiger partial charge in [0.2, 0.25) is 0 Å². The second-order valence-electron chi connectivity index (χ2n) is 7.72. The lowest BCUT2D eigenvalue weighted by Crippen LogP contribution is -2.50. The van der Waals surface area contributed by atoms with E-state index in [1.807, 2.05) is 60.7 Å². The van der Waals surface area contributed by atoms with Crippen molar-refractivity contribution in [1.29, 1.82) is 0 Å².